The van der Waals surface area contributed by atoms with E-state index in [0.29, 0.717) is 13.1 Å². The van der Waals surface area contributed by atoms with Crippen LogP contribution in [0, 0.1) is 0 Å². The molecule has 0 aliphatic carbocycles. The zero-order chi connectivity index (χ0) is 14.7. The molecule has 1 aromatic rings. The molecule has 0 radical (unpaired) electrons. The number of nitrogens with zero attached hydrogens (tertiary/aromatic N) is 2. The third kappa shape index (κ3) is 4.04. The Balaban J connectivity index is 1.55. The lowest BCUT2D eigenvalue weighted by atomic mass is 10.1. The van der Waals surface area contributed by atoms with Crippen LogP contribution in [-0.4, -0.2) is 49.8 Å². The SMILES string of the molecule is O=S(=O)(NC1CCCN(Cc2cccs2)C1)N1CCCC1. The first-order valence-corrected chi connectivity index (χ1v) is 9.97. The molecule has 2 aliphatic heterocycles. The lowest BCUT2D eigenvalue weighted by Crippen LogP contribution is -2.51. The van der Waals surface area contributed by atoms with Crippen molar-refractivity contribution in [3.63, 3.8) is 0 Å². The minimum atomic E-state index is -3.29. The molecule has 5 nitrogen and oxygen atoms in total. The molecular weight excluding hydrogens is 306 g/mol. The zero-order valence-corrected chi connectivity index (χ0v) is 13.8. The van der Waals surface area contributed by atoms with Crippen molar-refractivity contribution in [3.05, 3.63) is 22.4 Å². The summed E-state index contributed by atoms with van der Waals surface area (Å²) in [5.41, 5.74) is 0. The molecule has 1 aromatic heterocycles. The van der Waals surface area contributed by atoms with Gasteiger partial charge in [0.05, 0.1) is 0 Å². The largest absolute Gasteiger partial charge is 0.297 e. The van der Waals surface area contributed by atoms with Gasteiger partial charge in [0.2, 0.25) is 0 Å². The first kappa shape index (κ1) is 15.4. The fourth-order valence-electron chi connectivity index (χ4n) is 3.13. The Morgan fingerprint density at radius 2 is 2.05 bits per heavy atom. The summed E-state index contributed by atoms with van der Waals surface area (Å²) in [6.07, 6.45) is 3.96. The predicted octanol–water partition coefficient (Wildman–Crippen LogP) is 1.64. The molecule has 118 valence electrons. The number of rotatable bonds is 5. The standard InChI is InChI=1S/C14H23N3O2S2/c18-21(19,17-8-1-2-9-17)15-13-5-3-7-16(11-13)12-14-6-4-10-20-14/h4,6,10,13,15H,1-3,5,7-9,11-12H2. The summed E-state index contributed by atoms with van der Waals surface area (Å²) in [4.78, 5) is 3.70. The van der Waals surface area contributed by atoms with Gasteiger partial charge < -0.3 is 0 Å². The summed E-state index contributed by atoms with van der Waals surface area (Å²) < 4.78 is 29.1. The molecule has 0 spiro atoms. The smallest absolute Gasteiger partial charge is 0.279 e. The first-order valence-electron chi connectivity index (χ1n) is 7.66. The van der Waals surface area contributed by atoms with Crippen molar-refractivity contribution in [3.8, 4) is 0 Å². The van der Waals surface area contributed by atoms with Gasteiger partial charge in [-0.3, -0.25) is 4.90 Å². The second-order valence-electron chi connectivity index (χ2n) is 5.88. The highest BCUT2D eigenvalue weighted by Crippen LogP contribution is 2.18. The Kier molecular flexibility index (Phi) is 4.96. The molecule has 21 heavy (non-hydrogen) atoms. The Hall–Kier alpha value is -0.470. The highest BCUT2D eigenvalue weighted by atomic mass is 32.2. The highest BCUT2D eigenvalue weighted by molar-refractivity contribution is 7.87. The Morgan fingerprint density at radius 3 is 2.76 bits per heavy atom. The van der Waals surface area contributed by atoms with Gasteiger partial charge in [0, 0.05) is 37.1 Å². The van der Waals surface area contributed by atoms with Crippen molar-refractivity contribution >= 4 is 21.5 Å². The molecule has 0 bridgehead atoms. The van der Waals surface area contributed by atoms with E-state index >= 15 is 0 Å². The Labute approximate surface area is 131 Å². The molecule has 1 N–H and O–H groups in total. The lowest BCUT2D eigenvalue weighted by Gasteiger charge is -2.33. The number of likely N-dealkylation sites (tertiary alicyclic amines) is 1. The first-order chi connectivity index (χ1) is 10.1. The average Bonchev–Trinajstić information content (AvgIpc) is 3.11. The fraction of sp³-hybridized carbons (Fsp3) is 0.714. The summed E-state index contributed by atoms with van der Waals surface area (Å²) in [5.74, 6) is 0. The highest BCUT2D eigenvalue weighted by Gasteiger charge is 2.29. The molecule has 2 saturated heterocycles. The molecule has 2 fully saturated rings. The van der Waals surface area contributed by atoms with Gasteiger partial charge in [-0.25, -0.2) is 0 Å². The molecule has 0 saturated carbocycles. The van der Waals surface area contributed by atoms with E-state index < -0.39 is 10.2 Å². The van der Waals surface area contributed by atoms with Crippen LogP contribution >= 0.6 is 11.3 Å². The number of thiophene rings is 1. The third-order valence-corrected chi connectivity index (χ3v) is 6.72. The van der Waals surface area contributed by atoms with Gasteiger partial charge in [-0.1, -0.05) is 6.07 Å². The van der Waals surface area contributed by atoms with E-state index in [0.717, 1.165) is 45.3 Å². The maximum Gasteiger partial charge on any atom is 0.279 e. The average molecular weight is 329 g/mol. The van der Waals surface area contributed by atoms with Crippen molar-refractivity contribution in [1.29, 1.82) is 0 Å². The normalized spacial score (nSPS) is 25.4. The van der Waals surface area contributed by atoms with Crippen molar-refractivity contribution in [2.75, 3.05) is 26.2 Å². The maximum absolute atomic E-state index is 12.3. The molecule has 1 unspecified atom stereocenters. The Morgan fingerprint density at radius 1 is 1.24 bits per heavy atom. The van der Waals surface area contributed by atoms with Gasteiger partial charge in [-0.15, -0.1) is 11.3 Å². The van der Waals surface area contributed by atoms with Crippen molar-refractivity contribution < 1.29 is 8.42 Å². The van der Waals surface area contributed by atoms with E-state index in [-0.39, 0.29) is 6.04 Å². The van der Waals surface area contributed by atoms with Gasteiger partial charge in [0.25, 0.3) is 10.2 Å². The van der Waals surface area contributed by atoms with Crippen LogP contribution in [0.3, 0.4) is 0 Å². The maximum atomic E-state index is 12.3. The van der Waals surface area contributed by atoms with E-state index in [1.807, 2.05) is 0 Å². The topological polar surface area (TPSA) is 52.7 Å². The molecule has 2 aliphatic rings. The second kappa shape index (κ2) is 6.75. The van der Waals surface area contributed by atoms with Crippen LogP contribution < -0.4 is 4.72 Å². The number of piperidine rings is 1. The lowest BCUT2D eigenvalue weighted by molar-refractivity contribution is 0.195. The molecule has 7 heteroatoms. The minimum Gasteiger partial charge on any atom is -0.297 e. The van der Waals surface area contributed by atoms with Crippen LogP contribution in [0.2, 0.25) is 0 Å². The summed E-state index contributed by atoms with van der Waals surface area (Å²) >= 11 is 1.76. The van der Waals surface area contributed by atoms with Crippen LogP contribution in [0.1, 0.15) is 30.6 Å². The monoisotopic (exact) mass is 329 g/mol. The summed E-state index contributed by atoms with van der Waals surface area (Å²) in [6.45, 7) is 4.13. The van der Waals surface area contributed by atoms with Gasteiger partial charge in [0.1, 0.15) is 0 Å². The van der Waals surface area contributed by atoms with Crippen LogP contribution in [0.15, 0.2) is 17.5 Å². The third-order valence-electron chi connectivity index (χ3n) is 4.19. The number of hydrogen-bond acceptors (Lipinski definition) is 4. The van der Waals surface area contributed by atoms with E-state index in [1.54, 1.807) is 15.6 Å². The van der Waals surface area contributed by atoms with Crippen LogP contribution in [0.5, 0.6) is 0 Å². The fourth-order valence-corrected chi connectivity index (χ4v) is 5.38. The van der Waals surface area contributed by atoms with Gasteiger partial charge in [-0.2, -0.15) is 17.4 Å². The van der Waals surface area contributed by atoms with Gasteiger partial charge >= 0.3 is 0 Å². The predicted molar refractivity (Wildman–Crippen MR) is 85.5 cm³/mol. The van der Waals surface area contributed by atoms with Crippen molar-refractivity contribution in [2.45, 2.75) is 38.3 Å². The van der Waals surface area contributed by atoms with Crippen LogP contribution in [0.25, 0.3) is 0 Å². The van der Waals surface area contributed by atoms with E-state index in [4.69, 9.17) is 0 Å². The molecule has 3 rings (SSSR count). The molecular formula is C14H23N3O2S2. The van der Waals surface area contributed by atoms with Crippen molar-refractivity contribution in [1.82, 2.24) is 13.9 Å². The van der Waals surface area contributed by atoms with Gasteiger partial charge in [-0.05, 0) is 43.7 Å². The van der Waals surface area contributed by atoms with E-state index in [1.165, 1.54) is 4.88 Å². The summed E-state index contributed by atoms with van der Waals surface area (Å²) in [5, 5.41) is 2.09. The van der Waals surface area contributed by atoms with Crippen LogP contribution in [0.4, 0.5) is 0 Å². The molecule has 1 atom stereocenters. The van der Waals surface area contributed by atoms with E-state index in [9.17, 15) is 8.42 Å². The van der Waals surface area contributed by atoms with Crippen molar-refractivity contribution in [2.24, 2.45) is 0 Å². The number of nitrogens with one attached hydrogen (secondary N) is 1. The summed E-state index contributed by atoms with van der Waals surface area (Å²) in [7, 11) is -3.29. The molecule has 3 heterocycles. The minimum absolute atomic E-state index is 0.0457. The molecule has 0 aromatic carbocycles. The second-order valence-corrected chi connectivity index (χ2v) is 8.62. The Bertz CT molecular complexity index is 539. The van der Waals surface area contributed by atoms with E-state index in [2.05, 4.69) is 27.1 Å². The quantitative estimate of drug-likeness (QED) is 0.893. The summed E-state index contributed by atoms with van der Waals surface area (Å²) in [6, 6.07) is 4.25. The molecule has 0 amide bonds. The van der Waals surface area contributed by atoms with Gasteiger partial charge in [0.15, 0.2) is 0 Å². The zero-order valence-electron chi connectivity index (χ0n) is 12.2. The van der Waals surface area contributed by atoms with Crippen LogP contribution in [-0.2, 0) is 16.8 Å². The number of hydrogen-bond donors (Lipinski definition) is 1.